The van der Waals surface area contributed by atoms with E-state index in [1.54, 1.807) is 0 Å². The molecular formula is C10H20N2O3S. The molecule has 0 aliphatic carbocycles. The van der Waals surface area contributed by atoms with Crippen LogP contribution in [0.5, 0.6) is 0 Å². The van der Waals surface area contributed by atoms with Crippen molar-refractivity contribution in [1.29, 1.82) is 0 Å². The molecule has 1 amide bonds. The molecule has 0 aromatic heterocycles. The molecule has 0 aromatic rings. The van der Waals surface area contributed by atoms with E-state index >= 15 is 0 Å². The molecule has 1 atom stereocenters. The normalized spacial score (nSPS) is 23.4. The number of hydrogen-bond donors (Lipinski definition) is 1. The highest BCUT2D eigenvalue weighted by Gasteiger charge is 2.34. The Bertz CT molecular complexity index is 351. The second kappa shape index (κ2) is 5.14. The Labute approximate surface area is 97.2 Å². The van der Waals surface area contributed by atoms with Crippen molar-refractivity contribution in [3.05, 3.63) is 0 Å². The third-order valence-electron chi connectivity index (χ3n) is 2.61. The van der Waals surface area contributed by atoms with Gasteiger partial charge in [-0.05, 0) is 26.7 Å². The molecule has 0 saturated carbocycles. The van der Waals surface area contributed by atoms with E-state index in [2.05, 4.69) is 5.32 Å². The zero-order chi connectivity index (χ0) is 12.3. The molecule has 1 saturated heterocycles. The van der Waals surface area contributed by atoms with Crippen LogP contribution in [0.1, 0.15) is 33.1 Å². The lowest BCUT2D eigenvalue weighted by Gasteiger charge is -2.33. The summed E-state index contributed by atoms with van der Waals surface area (Å²) in [6.45, 7) is 4.19. The molecule has 94 valence electrons. The summed E-state index contributed by atoms with van der Waals surface area (Å²) in [5.74, 6) is -0.180. The van der Waals surface area contributed by atoms with Crippen molar-refractivity contribution in [3.8, 4) is 0 Å². The first-order valence-electron chi connectivity index (χ1n) is 5.59. The predicted octanol–water partition coefficient (Wildman–Crippen LogP) is 0.325. The summed E-state index contributed by atoms with van der Waals surface area (Å²) < 4.78 is 24.4. The van der Waals surface area contributed by atoms with Crippen molar-refractivity contribution in [2.24, 2.45) is 0 Å². The molecule has 1 rings (SSSR count). The van der Waals surface area contributed by atoms with E-state index in [1.807, 2.05) is 13.8 Å². The Morgan fingerprint density at radius 2 is 2.00 bits per heavy atom. The first kappa shape index (κ1) is 13.4. The smallest absolute Gasteiger partial charge is 0.238 e. The van der Waals surface area contributed by atoms with Crippen LogP contribution in [0, 0.1) is 0 Å². The summed E-state index contributed by atoms with van der Waals surface area (Å²) in [5, 5.41) is 2.77. The zero-order valence-electron chi connectivity index (χ0n) is 10.1. The Morgan fingerprint density at radius 1 is 1.38 bits per heavy atom. The van der Waals surface area contributed by atoms with Gasteiger partial charge in [0, 0.05) is 12.6 Å². The van der Waals surface area contributed by atoms with Crippen LogP contribution in [0.2, 0.25) is 0 Å². The number of hydrogen-bond acceptors (Lipinski definition) is 3. The molecular weight excluding hydrogens is 228 g/mol. The van der Waals surface area contributed by atoms with Gasteiger partial charge in [0.05, 0.1) is 6.26 Å². The summed E-state index contributed by atoms with van der Waals surface area (Å²) in [6.07, 6.45) is 3.51. The van der Waals surface area contributed by atoms with E-state index in [0.29, 0.717) is 13.0 Å². The summed E-state index contributed by atoms with van der Waals surface area (Å²) in [4.78, 5) is 11.8. The van der Waals surface area contributed by atoms with Crippen molar-refractivity contribution in [2.75, 3.05) is 12.8 Å². The third kappa shape index (κ3) is 3.45. The van der Waals surface area contributed by atoms with Gasteiger partial charge in [0.1, 0.15) is 6.04 Å². The van der Waals surface area contributed by atoms with Crippen molar-refractivity contribution in [3.63, 3.8) is 0 Å². The SMILES string of the molecule is CC(C)NC(=O)[C@H]1CCCCN1S(C)(=O)=O. The van der Waals surface area contributed by atoms with Gasteiger partial charge >= 0.3 is 0 Å². The van der Waals surface area contributed by atoms with Crippen LogP contribution in [0.25, 0.3) is 0 Å². The molecule has 0 spiro atoms. The lowest BCUT2D eigenvalue weighted by atomic mass is 10.0. The van der Waals surface area contributed by atoms with Crippen LogP contribution in [0.15, 0.2) is 0 Å². The van der Waals surface area contributed by atoms with Crippen LogP contribution < -0.4 is 5.32 Å². The monoisotopic (exact) mass is 248 g/mol. The van der Waals surface area contributed by atoms with Crippen molar-refractivity contribution < 1.29 is 13.2 Å². The van der Waals surface area contributed by atoms with Gasteiger partial charge in [0.15, 0.2) is 0 Å². The summed E-state index contributed by atoms with van der Waals surface area (Å²) >= 11 is 0. The minimum Gasteiger partial charge on any atom is -0.353 e. The standard InChI is InChI=1S/C10H20N2O3S/c1-8(2)11-10(13)9-6-4-5-7-12(9)16(3,14)15/h8-9H,4-7H2,1-3H3,(H,11,13)/t9-/m1/s1. The fourth-order valence-corrected chi connectivity index (χ4v) is 3.07. The molecule has 1 heterocycles. The number of nitrogens with zero attached hydrogens (tertiary/aromatic N) is 1. The molecule has 1 aliphatic rings. The number of piperidine rings is 1. The molecule has 0 bridgehead atoms. The van der Waals surface area contributed by atoms with E-state index < -0.39 is 16.1 Å². The summed E-state index contributed by atoms with van der Waals surface area (Å²) in [5.41, 5.74) is 0. The first-order valence-corrected chi connectivity index (χ1v) is 7.44. The second-order valence-corrected chi connectivity index (χ2v) is 6.48. The Balaban J connectivity index is 2.79. The highest BCUT2D eigenvalue weighted by molar-refractivity contribution is 7.88. The number of nitrogens with one attached hydrogen (secondary N) is 1. The van der Waals surface area contributed by atoms with Crippen molar-refractivity contribution in [1.82, 2.24) is 9.62 Å². The molecule has 0 unspecified atom stereocenters. The zero-order valence-corrected chi connectivity index (χ0v) is 10.9. The van der Waals surface area contributed by atoms with Crippen LogP contribution >= 0.6 is 0 Å². The van der Waals surface area contributed by atoms with Gasteiger partial charge in [-0.25, -0.2) is 8.42 Å². The molecule has 16 heavy (non-hydrogen) atoms. The molecule has 6 heteroatoms. The van der Waals surface area contributed by atoms with Gasteiger partial charge in [-0.2, -0.15) is 4.31 Å². The highest BCUT2D eigenvalue weighted by atomic mass is 32.2. The van der Waals surface area contributed by atoms with Crippen molar-refractivity contribution in [2.45, 2.75) is 45.2 Å². The third-order valence-corrected chi connectivity index (χ3v) is 3.90. The minimum absolute atomic E-state index is 0.0378. The maximum Gasteiger partial charge on any atom is 0.238 e. The van der Waals surface area contributed by atoms with E-state index in [4.69, 9.17) is 0 Å². The molecule has 1 fully saturated rings. The van der Waals surface area contributed by atoms with E-state index in [9.17, 15) is 13.2 Å². The topological polar surface area (TPSA) is 66.5 Å². The van der Waals surface area contributed by atoms with Crippen LogP contribution in [-0.4, -0.2) is 43.5 Å². The number of carbonyl (C=O) groups is 1. The van der Waals surface area contributed by atoms with E-state index in [0.717, 1.165) is 19.1 Å². The molecule has 1 N–H and O–H groups in total. The highest BCUT2D eigenvalue weighted by Crippen LogP contribution is 2.19. The fraction of sp³-hybridized carbons (Fsp3) is 0.900. The second-order valence-electron chi connectivity index (χ2n) is 4.55. The van der Waals surface area contributed by atoms with Gasteiger partial charge in [0.2, 0.25) is 15.9 Å². The quantitative estimate of drug-likeness (QED) is 0.782. The van der Waals surface area contributed by atoms with E-state index in [-0.39, 0.29) is 11.9 Å². The average molecular weight is 248 g/mol. The first-order chi connectivity index (χ1) is 7.32. The number of carbonyl (C=O) groups excluding carboxylic acids is 1. The average Bonchev–Trinajstić information content (AvgIpc) is 2.15. The van der Waals surface area contributed by atoms with Gasteiger partial charge in [0.25, 0.3) is 0 Å². The van der Waals surface area contributed by atoms with Gasteiger partial charge < -0.3 is 5.32 Å². The van der Waals surface area contributed by atoms with Crippen LogP contribution in [-0.2, 0) is 14.8 Å². The van der Waals surface area contributed by atoms with Crippen LogP contribution in [0.4, 0.5) is 0 Å². The van der Waals surface area contributed by atoms with E-state index in [1.165, 1.54) is 4.31 Å². The summed E-state index contributed by atoms with van der Waals surface area (Å²) in [6, 6.07) is -0.484. The summed E-state index contributed by atoms with van der Waals surface area (Å²) in [7, 11) is -3.28. The number of rotatable bonds is 3. The van der Waals surface area contributed by atoms with Gasteiger partial charge in [-0.15, -0.1) is 0 Å². The lowest BCUT2D eigenvalue weighted by Crippen LogP contribution is -2.52. The van der Waals surface area contributed by atoms with Gasteiger partial charge in [-0.1, -0.05) is 6.42 Å². The minimum atomic E-state index is -3.28. The van der Waals surface area contributed by atoms with Crippen molar-refractivity contribution >= 4 is 15.9 Å². The van der Waals surface area contributed by atoms with Gasteiger partial charge in [-0.3, -0.25) is 4.79 Å². The lowest BCUT2D eigenvalue weighted by molar-refractivity contribution is -0.126. The molecule has 0 aromatic carbocycles. The maximum absolute atomic E-state index is 11.8. The number of sulfonamides is 1. The predicted molar refractivity (Wildman–Crippen MR) is 62.5 cm³/mol. The number of amides is 1. The maximum atomic E-state index is 11.8. The molecule has 1 aliphatic heterocycles. The Hall–Kier alpha value is -0.620. The fourth-order valence-electron chi connectivity index (χ4n) is 1.94. The largest absolute Gasteiger partial charge is 0.353 e. The molecule has 0 radical (unpaired) electrons. The Morgan fingerprint density at radius 3 is 2.50 bits per heavy atom. The van der Waals surface area contributed by atoms with Crippen LogP contribution in [0.3, 0.4) is 0 Å². The molecule has 5 nitrogen and oxygen atoms in total. The Kier molecular flexibility index (Phi) is 4.32.